The maximum atomic E-state index is 13.7. The van der Waals surface area contributed by atoms with Gasteiger partial charge in [0.25, 0.3) is 5.91 Å². The van der Waals surface area contributed by atoms with Crippen LogP contribution in [0.4, 0.5) is 0 Å². The third-order valence-corrected chi connectivity index (χ3v) is 6.49. The monoisotopic (exact) mass is 474 g/mol. The summed E-state index contributed by atoms with van der Waals surface area (Å²) >= 11 is 0. The van der Waals surface area contributed by atoms with Crippen LogP contribution in [0.5, 0.6) is 5.75 Å². The van der Waals surface area contributed by atoms with Gasteiger partial charge in [0.05, 0.1) is 19.8 Å². The lowest BCUT2D eigenvalue weighted by Crippen LogP contribution is -2.50. The Hall–Kier alpha value is -3.87. The summed E-state index contributed by atoms with van der Waals surface area (Å²) < 4.78 is 12.3. The molecule has 0 fully saturated rings. The van der Waals surface area contributed by atoms with E-state index in [0.717, 1.165) is 24.0 Å². The Morgan fingerprint density at radius 1 is 1.03 bits per heavy atom. The molecule has 0 unspecified atom stereocenters. The number of carbonyl (C=O) groups is 2. The third-order valence-electron chi connectivity index (χ3n) is 6.49. The van der Waals surface area contributed by atoms with E-state index in [1.165, 1.54) is 13.3 Å². The molecular weight excluding hydrogens is 444 g/mol. The maximum absolute atomic E-state index is 13.7. The molecule has 2 heterocycles. The lowest BCUT2D eigenvalue weighted by molar-refractivity contribution is 0.0580. The number of aromatic nitrogens is 1. The fraction of sp³-hybridized carbons (Fsp3) is 0.321. The molecule has 3 aromatic rings. The molecule has 1 aliphatic rings. The largest absolute Gasteiger partial charge is 0.487 e. The minimum Gasteiger partial charge on any atom is -0.487 e. The van der Waals surface area contributed by atoms with E-state index in [0.29, 0.717) is 6.54 Å². The first kappa shape index (κ1) is 24.3. The Morgan fingerprint density at radius 3 is 2.17 bits per heavy atom. The first-order valence-electron chi connectivity index (χ1n) is 11.8. The van der Waals surface area contributed by atoms with Crippen LogP contribution in [0.1, 0.15) is 57.7 Å². The molecule has 1 aromatic heterocycles. The molecule has 182 valence electrons. The van der Waals surface area contributed by atoms with E-state index in [1.54, 1.807) is 16.5 Å². The third kappa shape index (κ3) is 4.71. The number of likely N-dealkylation sites (N-methyl/N-ethyl adjacent to an activating group) is 1. The summed E-state index contributed by atoms with van der Waals surface area (Å²) in [5.41, 5.74) is 1.54. The quantitative estimate of drug-likeness (QED) is 0.363. The molecule has 1 amide bonds. The molecule has 7 heteroatoms. The Bertz CT molecular complexity index is 1210. The van der Waals surface area contributed by atoms with Crippen LogP contribution in [-0.2, 0) is 11.3 Å². The normalized spacial score (nSPS) is 15.1. The van der Waals surface area contributed by atoms with Crippen molar-refractivity contribution in [2.24, 2.45) is 0 Å². The van der Waals surface area contributed by atoms with Gasteiger partial charge in [-0.1, -0.05) is 74.0 Å². The maximum Gasteiger partial charge on any atom is 0.343 e. The number of hydrogen-bond donors (Lipinski definition) is 0. The van der Waals surface area contributed by atoms with E-state index < -0.39 is 11.4 Å². The van der Waals surface area contributed by atoms with Crippen molar-refractivity contribution < 1.29 is 19.1 Å². The number of pyridine rings is 1. The average Bonchev–Trinajstić information content (AvgIpc) is 2.89. The number of hydrogen-bond acceptors (Lipinski definition) is 5. The van der Waals surface area contributed by atoms with Gasteiger partial charge in [0.2, 0.25) is 5.43 Å². The highest BCUT2D eigenvalue weighted by atomic mass is 16.5. The average molecular weight is 475 g/mol. The predicted molar refractivity (Wildman–Crippen MR) is 133 cm³/mol. The minimum absolute atomic E-state index is 0.0902. The number of amides is 1. The van der Waals surface area contributed by atoms with Gasteiger partial charge in [-0.15, -0.1) is 0 Å². The van der Waals surface area contributed by atoms with Crippen LogP contribution in [0.25, 0.3) is 0 Å². The summed E-state index contributed by atoms with van der Waals surface area (Å²) in [6.07, 6.45) is 3.02. The van der Waals surface area contributed by atoms with E-state index in [1.807, 2.05) is 43.3 Å². The minimum atomic E-state index is -0.753. The number of fused-ring (bicyclic) bond motifs is 1. The van der Waals surface area contributed by atoms with Gasteiger partial charge < -0.3 is 18.9 Å². The van der Waals surface area contributed by atoms with Crippen molar-refractivity contribution in [1.82, 2.24) is 9.47 Å². The molecule has 2 aromatic carbocycles. The molecule has 0 N–H and O–H groups in total. The highest BCUT2D eigenvalue weighted by molar-refractivity contribution is 5.98. The topological polar surface area (TPSA) is 77.8 Å². The van der Waals surface area contributed by atoms with Gasteiger partial charge in [-0.2, -0.15) is 0 Å². The van der Waals surface area contributed by atoms with Crippen molar-refractivity contribution in [2.45, 2.75) is 38.3 Å². The van der Waals surface area contributed by atoms with Crippen molar-refractivity contribution in [3.05, 3.63) is 99.5 Å². The summed E-state index contributed by atoms with van der Waals surface area (Å²) in [6, 6.07) is 19.8. The van der Waals surface area contributed by atoms with Gasteiger partial charge in [-0.25, -0.2) is 4.79 Å². The summed E-state index contributed by atoms with van der Waals surface area (Å²) in [5, 5.41) is 0. The molecule has 0 aliphatic carbocycles. The summed E-state index contributed by atoms with van der Waals surface area (Å²) in [5.74, 6) is -1.29. The number of nitrogens with zero attached hydrogens (tertiary/aromatic N) is 2. The highest BCUT2D eigenvalue weighted by Gasteiger charge is 2.39. The summed E-state index contributed by atoms with van der Waals surface area (Å²) in [4.78, 5) is 41.0. The first-order chi connectivity index (χ1) is 17.0. The van der Waals surface area contributed by atoms with Crippen molar-refractivity contribution in [3.63, 3.8) is 0 Å². The molecule has 7 nitrogen and oxygen atoms in total. The second-order valence-electron chi connectivity index (χ2n) is 8.68. The fourth-order valence-electron chi connectivity index (χ4n) is 4.64. The Kier molecular flexibility index (Phi) is 7.34. The second-order valence-corrected chi connectivity index (χ2v) is 8.68. The zero-order chi connectivity index (χ0) is 24.9. The molecule has 35 heavy (non-hydrogen) atoms. The Balaban J connectivity index is 1.86. The Labute approximate surface area is 204 Å². The van der Waals surface area contributed by atoms with Crippen LogP contribution < -0.4 is 10.2 Å². The predicted octanol–water partition coefficient (Wildman–Crippen LogP) is 4.10. The van der Waals surface area contributed by atoms with E-state index in [4.69, 9.17) is 9.47 Å². The van der Waals surface area contributed by atoms with Crippen molar-refractivity contribution in [2.75, 3.05) is 20.8 Å². The molecule has 0 radical (unpaired) electrons. The van der Waals surface area contributed by atoms with Crippen molar-refractivity contribution >= 4 is 11.9 Å². The van der Waals surface area contributed by atoms with Crippen LogP contribution in [0.3, 0.4) is 0 Å². The number of unbranched alkanes of at least 4 members (excludes halogenated alkanes) is 1. The van der Waals surface area contributed by atoms with Gasteiger partial charge in [0.1, 0.15) is 5.56 Å². The molecule has 1 atom stereocenters. The number of ether oxygens (including phenoxy) is 2. The van der Waals surface area contributed by atoms with Gasteiger partial charge >= 0.3 is 5.97 Å². The standard InChI is InChI=1S/C28H30N2O5/c1-4-5-16-35-26-24-27(32)29(2)22(18-30(24)17-21(25(26)31)28(33)34-3)23(19-12-8-6-9-13-19)20-14-10-7-11-15-20/h6-15,17,22-23H,4-5,16,18H2,1-3H3/t22-/m0/s1. The lowest BCUT2D eigenvalue weighted by atomic mass is 9.83. The number of carbonyl (C=O) groups excluding carboxylic acids is 2. The zero-order valence-electron chi connectivity index (χ0n) is 20.3. The zero-order valence-corrected chi connectivity index (χ0v) is 20.3. The molecule has 4 rings (SSSR count). The van der Waals surface area contributed by atoms with Crippen LogP contribution in [0.2, 0.25) is 0 Å². The number of rotatable bonds is 8. The van der Waals surface area contributed by atoms with Crippen LogP contribution in [0.15, 0.2) is 71.7 Å². The molecule has 1 aliphatic heterocycles. The summed E-state index contributed by atoms with van der Waals surface area (Å²) in [6.45, 7) is 2.66. The van der Waals surface area contributed by atoms with Crippen LogP contribution in [0, 0.1) is 0 Å². The summed E-state index contributed by atoms with van der Waals surface area (Å²) in [7, 11) is 2.98. The Morgan fingerprint density at radius 2 is 1.63 bits per heavy atom. The van der Waals surface area contributed by atoms with Gasteiger partial charge in [0, 0.05) is 25.7 Å². The smallest absolute Gasteiger partial charge is 0.343 e. The van der Waals surface area contributed by atoms with Crippen molar-refractivity contribution in [1.29, 1.82) is 0 Å². The molecule has 0 saturated heterocycles. The fourth-order valence-corrected chi connectivity index (χ4v) is 4.64. The van der Waals surface area contributed by atoms with E-state index in [9.17, 15) is 14.4 Å². The van der Waals surface area contributed by atoms with Gasteiger partial charge in [0.15, 0.2) is 11.4 Å². The SMILES string of the molecule is CCCCOc1c2n(cc(C(=O)OC)c1=O)C[C@@H](C(c1ccccc1)c1ccccc1)N(C)C2=O. The van der Waals surface area contributed by atoms with E-state index in [-0.39, 0.29) is 41.5 Å². The van der Waals surface area contributed by atoms with Gasteiger partial charge in [-0.05, 0) is 17.5 Å². The molecule has 0 spiro atoms. The lowest BCUT2D eigenvalue weighted by Gasteiger charge is -2.40. The number of methoxy groups -OCH3 is 1. The van der Waals surface area contributed by atoms with E-state index >= 15 is 0 Å². The van der Waals surface area contributed by atoms with Crippen LogP contribution >= 0.6 is 0 Å². The number of esters is 1. The van der Waals surface area contributed by atoms with E-state index in [2.05, 4.69) is 24.3 Å². The second kappa shape index (κ2) is 10.6. The molecule has 0 bridgehead atoms. The molecular formula is C28H30N2O5. The molecule has 0 saturated carbocycles. The van der Waals surface area contributed by atoms with Crippen LogP contribution in [-0.4, -0.2) is 48.1 Å². The highest BCUT2D eigenvalue weighted by Crippen LogP contribution is 2.35. The van der Waals surface area contributed by atoms with Crippen molar-refractivity contribution in [3.8, 4) is 5.75 Å². The number of benzene rings is 2. The first-order valence-corrected chi connectivity index (χ1v) is 11.8. The van der Waals surface area contributed by atoms with Gasteiger partial charge in [-0.3, -0.25) is 9.59 Å².